The van der Waals surface area contributed by atoms with Crippen molar-refractivity contribution in [3.05, 3.63) is 70.1 Å². The molecule has 0 fully saturated rings. The van der Waals surface area contributed by atoms with E-state index in [1.807, 2.05) is 32.0 Å². The lowest BCUT2D eigenvalue weighted by atomic mass is 10.1. The quantitative estimate of drug-likeness (QED) is 0.587. The van der Waals surface area contributed by atoms with Crippen molar-refractivity contribution in [2.75, 3.05) is 6.54 Å². The minimum Gasteiger partial charge on any atom is -0.358 e. The van der Waals surface area contributed by atoms with Crippen molar-refractivity contribution in [2.24, 2.45) is 0 Å². The first-order valence-electron chi connectivity index (χ1n) is 8.51. The molecule has 0 aliphatic heterocycles. The summed E-state index contributed by atoms with van der Waals surface area (Å²) in [4.78, 5) is 15.5. The van der Waals surface area contributed by atoms with Crippen LogP contribution in [0, 0.1) is 12.7 Å². The summed E-state index contributed by atoms with van der Waals surface area (Å²) >= 11 is 5.79. The number of urea groups is 1. The number of nitrogens with one attached hydrogen (secondary N) is 3. The largest absolute Gasteiger partial charge is 0.358 e. The molecule has 0 radical (unpaired) electrons. The third-order valence-electron chi connectivity index (χ3n) is 4.48. The smallest absolute Gasteiger partial charge is 0.315 e. The number of rotatable bonds is 5. The van der Waals surface area contributed by atoms with Gasteiger partial charge in [0.15, 0.2) is 0 Å². The van der Waals surface area contributed by atoms with Crippen LogP contribution in [0.25, 0.3) is 10.9 Å². The highest BCUT2D eigenvalue weighted by atomic mass is 35.5. The SMILES string of the molecule is Cc1[nH]c2ccccc2c1CCNC(=O)NC(C)c1ccc(F)c(Cl)c1. The number of fused-ring (bicyclic) bond motifs is 1. The van der Waals surface area contributed by atoms with Gasteiger partial charge in [0.2, 0.25) is 0 Å². The zero-order valence-corrected chi connectivity index (χ0v) is 15.5. The Morgan fingerprint density at radius 2 is 2.04 bits per heavy atom. The van der Waals surface area contributed by atoms with Gasteiger partial charge < -0.3 is 15.6 Å². The molecule has 1 atom stereocenters. The number of carbonyl (C=O) groups excluding carboxylic acids is 1. The van der Waals surface area contributed by atoms with Gasteiger partial charge in [0, 0.05) is 23.1 Å². The first-order valence-corrected chi connectivity index (χ1v) is 8.89. The molecule has 4 nitrogen and oxygen atoms in total. The predicted molar refractivity (Wildman–Crippen MR) is 103 cm³/mol. The van der Waals surface area contributed by atoms with Gasteiger partial charge in [0.05, 0.1) is 11.1 Å². The molecule has 1 aromatic heterocycles. The Bertz CT molecular complexity index is 938. The van der Waals surface area contributed by atoms with E-state index in [2.05, 4.69) is 21.7 Å². The zero-order chi connectivity index (χ0) is 18.7. The summed E-state index contributed by atoms with van der Waals surface area (Å²) in [5.74, 6) is -0.471. The number of aromatic amines is 1. The number of aromatic nitrogens is 1. The van der Waals surface area contributed by atoms with E-state index in [1.54, 1.807) is 6.07 Å². The monoisotopic (exact) mass is 373 g/mol. The summed E-state index contributed by atoms with van der Waals surface area (Å²) in [7, 11) is 0. The van der Waals surface area contributed by atoms with Crippen molar-refractivity contribution in [2.45, 2.75) is 26.3 Å². The van der Waals surface area contributed by atoms with E-state index in [0.717, 1.165) is 23.2 Å². The van der Waals surface area contributed by atoms with Crippen LogP contribution in [0.5, 0.6) is 0 Å². The lowest BCUT2D eigenvalue weighted by molar-refractivity contribution is 0.238. The van der Waals surface area contributed by atoms with Gasteiger partial charge in [-0.2, -0.15) is 0 Å². The molecule has 3 aromatic rings. The fourth-order valence-electron chi connectivity index (χ4n) is 3.07. The number of H-pyrrole nitrogens is 1. The average molecular weight is 374 g/mol. The van der Waals surface area contributed by atoms with Crippen LogP contribution in [0.2, 0.25) is 5.02 Å². The Hall–Kier alpha value is -2.53. The van der Waals surface area contributed by atoms with E-state index in [-0.39, 0.29) is 17.1 Å². The number of amides is 2. The van der Waals surface area contributed by atoms with Crippen molar-refractivity contribution in [1.82, 2.24) is 15.6 Å². The lowest BCUT2D eigenvalue weighted by Crippen LogP contribution is -2.38. The molecular formula is C20H21ClFN3O. The Morgan fingerprint density at radius 3 is 2.81 bits per heavy atom. The molecule has 0 saturated heterocycles. The number of carbonyl (C=O) groups is 1. The summed E-state index contributed by atoms with van der Waals surface area (Å²) in [5, 5.41) is 6.93. The first-order chi connectivity index (χ1) is 12.5. The van der Waals surface area contributed by atoms with Gasteiger partial charge in [-0.05, 0) is 49.6 Å². The summed E-state index contributed by atoms with van der Waals surface area (Å²) < 4.78 is 13.2. The number of halogens is 2. The van der Waals surface area contributed by atoms with Gasteiger partial charge in [0.25, 0.3) is 0 Å². The van der Waals surface area contributed by atoms with Crippen molar-refractivity contribution >= 4 is 28.5 Å². The van der Waals surface area contributed by atoms with E-state index in [1.165, 1.54) is 23.1 Å². The Labute approximate surface area is 156 Å². The predicted octanol–water partition coefficient (Wildman–Crippen LogP) is 4.87. The third kappa shape index (κ3) is 3.99. The lowest BCUT2D eigenvalue weighted by Gasteiger charge is -2.15. The highest BCUT2D eigenvalue weighted by Gasteiger charge is 2.12. The van der Waals surface area contributed by atoms with Gasteiger partial charge in [-0.3, -0.25) is 0 Å². The number of aryl methyl sites for hydroxylation is 1. The van der Waals surface area contributed by atoms with Gasteiger partial charge in [-0.25, -0.2) is 9.18 Å². The van der Waals surface area contributed by atoms with Crippen LogP contribution >= 0.6 is 11.6 Å². The average Bonchev–Trinajstić information content (AvgIpc) is 2.93. The molecular weight excluding hydrogens is 353 g/mol. The molecule has 0 aliphatic rings. The molecule has 1 unspecified atom stereocenters. The molecule has 1 heterocycles. The summed E-state index contributed by atoms with van der Waals surface area (Å²) in [6, 6.07) is 12.0. The summed E-state index contributed by atoms with van der Waals surface area (Å²) in [5.41, 5.74) is 4.17. The van der Waals surface area contributed by atoms with E-state index in [0.29, 0.717) is 6.54 Å². The van der Waals surface area contributed by atoms with Crippen LogP contribution in [0.15, 0.2) is 42.5 Å². The fourth-order valence-corrected chi connectivity index (χ4v) is 3.26. The molecule has 26 heavy (non-hydrogen) atoms. The molecule has 136 valence electrons. The second kappa shape index (κ2) is 7.79. The number of para-hydroxylation sites is 1. The van der Waals surface area contributed by atoms with Crippen molar-refractivity contribution < 1.29 is 9.18 Å². The van der Waals surface area contributed by atoms with Crippen molar-refractivity contribution in [1.29, 1.82) is 0 Å². The zero-order valence-electron chi connectivity index (χ0n) is 14.7. The van der Waals surface area contributed by atoms with E-state index >= 15 is 0 Å². The molecule has 2 amide bonds. The Morgan fingerprint density at radius 1 is 1.27 bits per heavy atom. The maximum Gasteiger partial charge on any atom is 0.315 e. The maximum absolute atomic E-state index is 13.2. The topological polar surface area (TPSA) is 56.9 Å². The second-order valence-electron chi connectivity index (χ2n) is 6.32. The highest BCUT2D eigenvalue weighted by Crippen LogP contribution is 2.22. The van der Waals surface area contributed by atoms with Crippen LogP contribution in [0.4, 0.5) is 9.18 Å². The molecule has 0 bridgehead atoms. The fraction of sp³-hybridized carbons (Fsp3) is 0.250. The molecule has 3 rings (SSSR count). The second-order valence-corrected chi connectivity index (χ2v) is 6.73. The minimum absolute atomic E-state index is 0.0476. The molecule has 0 saturated carbocycles. The molecule has 3 N–H and O–H groups in total. The third-order valence-corrected chi connectivity index (χ3v) is 4.77. The first kappa shape index (κ1) is 18.3. The normalized spacial score (nSPS) is 12.2. The van der Waals surface area contributed by atoms with E-state index < -0.39 is 5.82 Å². The molecule has 2 aromatic carbocycles. The van der Waals surface area contributed by atoms with Crippen LogP contribution in [0.1, 0.15) is 29.8 Å². The van der Waals surface area contributed by atoms with Crippen LogP contribution in [-0.2, 0) is 6.42 Å². The number of benzene rings is 2. The van der Waals surface area contributed by atoms with Gasteiger partial charge >= 0.3 is 6.03 Å². The van der Waals surface area contributed by atoms with E-state index in [4.69, 9.17) is 11.6 Å². The van der Waals surface area contributed by atoms with Crippen LogP contribution in [-0.4, -0.2) is 17.6 Å². The summed E-state index contributed by atoms with van der Waals surface area (Å²) in [6.07, 6.45) is 0.736. The van der Waals surface area contributed by atoms with Crippen molar-refractivity contribution in [3.8, 4) is 0 Å². The Kier molecular flexibility index (Phi) is 5.47. The van der Waals surface area contributed by atoms with E-state index in [9.17, 15) is 9.18 Å². The number of hydrogen-bond acceptors (Lipinski definition) is 1. The van der Waals surface area contributed by atoms with Gasteiger partial charge in [-0.1, -0.05) is 35.9 Å². The minimum atomic E-state index is -0.471. The standard InChI is InChI=1S/C20H21ClFN3O/c1-12(14-7-8-18(22)17(21)11-14)25-20(26)23-10-9-15-13(2)24-19-6-4-3-5-16(15)19/h3-8,11-12,24H,9-10H2,1-2H3,(H2,23,25,26). The van der Waals surface area contributed by atoms with Gasteiger partial charge in [0.1, 0.15) is 5.82 Å². The number of hydrogen-bond donors (Lipinski definition) is 3. The Balaban J connectivity index is 1.55. The van der Waals surface area contributed by atoms with Crippen LogP contribution < -0.4 is 10.6 Å². The van der Waals surface area contributed by atoms with Crippen molar-refractivity contribution in [3.63, 3.8) is 0 Å². The maximum atomic E-state index is 13.2. The van der Waals surface area contributed by atoms with Crippen LogP contribution in [0.3, 0.4) is 0 Å². The molecule has 6 heteroatoms. The summed E-state index contributed by atoms with van der Waals surface area (Å²) in [6.45, 7) is 4.38. The molecule has 0 aliphatic carbocycles. The molecule has 0 spiro atoms. The highest BCUT2D eigenvalue weighted by molar-refractivity contribution is 6.30. The van der Waals surface area contributed by atoms with Gasteiger partial charge in [-0.15, -0.1) is 0 Å².